The first-order valence-electron chi connectivity index (χ1n) is 8.74. The zero-order chi connectivity index (χ0) is 19.4. The van der Waals surface area contributed by atoms with Gasteiger partial charge in [0.2, 0.25) is 0 Å². The molecule has 1 N–H and O–H groups in total. The predicted octanol–water partition coefficient (Wildman–Crippen LogP) is 4.63. The molecule has 0 amide bonds. The summed E-state index contributed by atoms with van der Waals surface area (Å²) >= 11 is 0. The Morgan fingerprint density at radius 2 is 1.78 bits per heavy atom. The number of anilines is 1. The molecule has 0 saturated heterocycles. The van der Waals surface area contributed by atoms with Gasteiger partial charge in [-0.1, -0.05) is 36.1 Å². The smallest absolute Gasteiger partial charge is 0.337 e. The molecule has 0 bridgehead atoms. The van der Waals surface area contributed by atoms with E-state index in [1.54, 1.807) is 12.1 Å². The summed E-state index contributed by atoms with van der Waals surface area (Å²) in [5, 5.41) is 4.33. The number of ether oxygens (including phenoxy) is 1. The molecule has 0 aliphatic carbocycles. The minimum atomic E-state index is -0.378. The van der Waals surface area contributed by atoms with Crippen molar-refractivity contribution in [3.05, 3.63) is 71.3 Å². The number of benzene rings is 2. The second-order valence-electron chi connectivity index (χ2n) is 7.27. The molecule has 4 nitrogen and oxygen atoms in total. The highest BCUT2D eigenvalue weighted by molar-refractivity contribution is 5.95. The Kier molecular flexibility index (Phi) is 5.14. The van der Waals surface area contributed by atoms with Crippen LogP contribution < -0.4 is 5.32 Å². The number of nitrogens with zero attached hydrogens (tertiary/aromatic N) is 1. The quantitative estimate of drug-likeness (QED) is 0.536. The van der Waals surface area contributed by atoms with Crippen molar-refractivity contribution in [3.8, 4) is 11.8 Å². The molecular formula is C23H22N2O2. The maximum atomic E-state index is 11.8. The van der Waals surface area contributed by atoms with E-state index in [1.807, 2.05) is 42.5 Å². The van der Waals surface area contributed by atoms with Crippen molar-refractivity contribution in [3.63, 3.8) is 0 Å². The zero-order valence-corrected chi connectivity index (χ0v) is 16.0. The zero-order valence-electron chi connectivity index (χ0n) is 16.0. The fourth-order valence-corrected chi connectivity index (χ4v) is 2.62. The highest BCUT2D eigenvalue weighted by Gasteiger charge is 2.15. The van der Waals surface area contributed by atoms with Crippen LogP contribution in [0, 0.1) is 11.8 Å². The molecule has 1 heterocycles. The molecule has 3 rings (SSSR count). The van der Waals surface area contributed by atoms with Gasteiger partial charge in [0, 0.05) is 16.5 Å². The number of hydrogen-bond donors (Lipinski definition) is 1. The van der Waals surface area contributed by atoms with Crippen LogP contribution in [0.25, 0.3) is 10.9 Å². The van der Waals surface area contributed by atoms with E-state index in [0.717, 1.165) is 22.0 Å². The van der Waals surface area contributed by atoms with Gasteiger partial charge in [-0.25, -0.2) is 9.78 Å². The van der Waals surface area contributed by atoms with E-state index in [9.17, 15) is 4.79 Å². The second kappa shape index (κ2) is 7.51. The lowest BCUT2D eigenvalue weighted by atomic mass is 10.1. The first-order chi connectivity index (χ1) is 12.9. The van der Waals surface area contributed by atoms with Gasteiger partial charge in [0.25, 0.3) is 0 Å². The van der Waals surface area contributed by atoms with Crippen LogP contribution in [0.3, 0.4) is 0 Å². The summed E-state index contributed by atoms with van der Waals surface area (Å²) in [4.78, 5) is 16.5. The number of pyridine rings is 1. The summed E-state index contributed by atoms with van der Waals surface area (Å²) < 4.78 is 4.80. The molecular weight excluding hydrogens is 336 g/mol. The molecule has 0 saturated carbocycles. The third-order valence-corrected chi connectivity index (χ3v) is 3.85. The van der Waals surface area contributed by atoms with Crippen LogP contribution in [-0.4, -0.2) is 23.6 Å². The summed E-state index contributed by atoms with van der Waals surface area (Å²) in [6, 6.07) is 17.2. The van der Waals surface area contributed by atoms with Gasteiger partial charge >= 0.3 is 5.97 Å². The third kappa shape index (κ3) is 4.65. The Morgan fingerprint density at radius 1 is 1.04 bits per heavy atom. The Balaban J connectivity index is 2.11. The molecule has 0 spiro atoms. The third-order valence-electron chi connectivity index (χ3n) is 3.85. The van der Waals surface area contributed by atoms with Gasteiger partial charge in [0.15, 0.2) is 0 Å². The van der Waals surface area contributed by atoms with Gasteiger partial charge in [0.1, 0.15) is 5.82 Å². The summed E-state index contributed by atoms with van der Waals surface area (Å²) in [5.41, 5.74) is 2.77. The lowest BCUT2D eigenvalue weighted by Crippen LogP contribution is -2.27. The number of esters is 1. The monoisotopic (exact) mass is 358 g/mol. The minimum Gasteiger partial charge on any atom is -0.465 e. The first-order valence-corrected chi connectivity index (χ1v) is 8.74. The van der Waals surface area contributed by atoms with Crippen LogP contribution in [0.2, 0.25) is 0 Å². The first kappa shape index (κ1) is 18.5. The SMILES string of the molecule is COC(=O)c1ccc2cc(C#Cc3ccccc3)c(NC(C)(C)C)nc2c1. The molecule has 0 fully saturated rings. The van der Waals surface area contributed by atoms with Crippen molar-refractivity contribution in [2.75, 3.05) is 12.4 Å². The van der Waals surface area contributed by atoms with Crippen molar-refractivity contribution in [2.45, 2.75) is 26.3 Å². The van der Waals surface area contributed by atoms with E-state index < -0.39 is 0 Å². The summed E-state index contributed by atoms with van der Waals surface area (Å²) in [5.74, 6) is 6.73. The van der Waals surface area contributed by atoms with Crippen molar-refractivity contribution < 1.29 is 9.53 Å². The topological polar surface area (TPSA) is 51.2 Å². The van der Waals surface area contributed by atoms with E-state index in [-0.39, 0.29) is 11.5 Å². The number of fused-ring (bicyclic) bond motifs is 1. The molecule has 0 unspecified atom stereocenters. The van der Waals surface area contributed by atoms with Crippen molar-refractivity contribution in [2.24, 2.45) is 0 Å². The number of carbonyl (C=O) groups is 1. The predicted molar refractivity (Wildman–Crippen MR) is 109 cm³/mol. The second-order valence-corrected chi connectivity index (χ2v) is 7.27. The number of hydrogen-bond acceptors (Lipinski definition) is 4. The molecule has 27 heavy (non-hydrogen) atoms. The number of rotatable bonds is 2. The lowest BCUT2D eigenvalue weighted by molar-refractivity contribution is 0.0601. The minimum absolute atomic E-state index is 0.177. The lowest BCUT2D eigenvalue weighted by Gasteiger charge is -2.22. The van der Waals surface area contributed by atoms with E-state index in [2.05, 4.69) is 37.9 Å². The highest BCUT2D eigenvalue weighted by Crippen LogP contribution is 2.24. The fourth-order valence-electron chi connectivity index (χ4n) is 2.62. The number of nitrogens with one attached hydrogen (secondary N) is 1. The van der Waals surface area contributed by atoms with Crippen LogP contribution in [0.4, 0.5) is 5.82 Å². The standard InChI is InChI=1S/C23H22N2O2/c1-23(2,3)25-21-18(11-10-16-8-6-5-7-9-16)14-17-12-13-19(22(26)27-4)15-20(17)24-21/h5-9,12-15H,1-4H3,(H,24,25). The summed E-state index contributed by atoms with van der Waals surface area (Å²) in [7, 11) is 1.37. The van der Waals surface area contributed by atoms with Crippen LogP contribution in [0.15, 0.2) is 54.6 Å². The number of methoxy groups -OCH3 is 1. The van der Waals surface area contributed by atoms with E-state index in [0.29, 0.717) is 11.4 Å². The van der Waals surface area contributed by atoms with Crippen LogP contribution in [0.1, 0.15) is 42.3 Å². The number of aromatic nitrogens is 1. The van der Waals surface area contributed by atoms with E-state index in [4.69, 9.17) is 9.72 Å². The molecule has 0 aliphatic heterocycles. The maximum Gasteiger partial charge on any atom is 0.337 e. The largest absolute Gasteiger partial charge is 0.465 e. The van der Waals surface area contributed by atoms with Crippen molar-refractivity contribution >= 4 is 22.7 Å². The van der Waals surface area contributed by atoms with Gasteiger partial charge in [-0.15, -0.1) is 0 Å². The molecule has 0 atom stereocenters. The maximum absolute atomic E-state index is 11.8. The van der Waals surface area contributed by atoms with Crippen LogP contribution in [-0.2, 0) is 4.74 Å². The van der Waals surface area contributed by atoms with Gasteiger partial charge in [-0.2, -0.15) is 0 Å². The van der Waals surface area contributed by atoms with E-state index >= 15 is 0 Å². The average Bonchev–Trinajstić information content (AvgIpc) is 2.64. The Morgan fingerprint density at radius 3 is 2.44 bits per heavy atom. The highest BCUT2D eigenvalue weighted by atomic mass is 16.5. The normalized spacial score (nSPS) is 10.8. The molecule has 0 aliphatic rings. The molecule has 4 heteroatoms. The molecule has 1 aromatic heterocycles. The molecule has 2 aromatic carbocycles. The van der Waals surface area contributed by atoms with Crippen molar-refractivity contribution in [1.82, 2.24) is 4.98 Å². The molecule has 3 aromatic rings. The number of carbonyl (C=O) groups excluding carboxylic acids is 1. The Bertz CT molecular complexity index is 1040. The summed E-state index contributed by atoms with van der Waals surface area (Å²) in [6.07, 6.45) is 0. The Labute approximate surface area is 159 Å². The Hall–Kier alpha value is -3.32. The van der Waals surface area contributed by atoms with E-state index in [1.165, 1.54) is 7.11 Å². The average molecular weight is 358 g/mol. The molecule has 0 radical (unpaired) electrons. The van der Waals surface area contributed by atoms with Gasteiger partial charge in [-0.05, 0) is 51.1 Å². The summed E-state index contributed by atoms with van der Waals surface area (Å²) in [6.45, 7) is 6.20. The van der Waals surface area contributed by atoms with Gasteiger partial charge in [0.05, 0.1) is 23.8 Å². The van der Waals surface area contributed by atoms with Gasteiger partial charge in [-0.3, -0.25) is 0 Å². The van der Waals surface area contributed by atoms with Crippen LogP contribution >= 0.6 is 0 Å². The fraction of sp³-hybridized carbons (Fsp3) is 0.217. The van der Waals surface area contributed by atoms with Crippen LogP contribution in [0.5, 0.6) is 0 Å². The van der Waals surface area contributed by atoms with Gasteiger partial charge < -0.3 is 10.1 Å². The van der Waals surface area contributed by atoms with Crippen molar-refractivity contribution in [1.29, 1.82) is 0 Å². The molecule has 136 valence electrons.